The van der Waals surface area contributed by atoms with Crippen LogP contribution in [0.1, 0.15) is 36.8 Å². The van der Waals surface area contributed by atoms with E-state index in [2.05, 4.69) is 40.7 Å². The number of halogens is 1. The van der Waals surface area contributed by atoms with Crippen molar-refractivity contribution in [3.05, 3.63) is 29.3 Å². The van der Waals surface area contributed by atoms with Crippen LogP contribution in [0.4, 0.5) is 0 Å². The third-order valence-electron chi connectivity index (χ3n) is 4.32. The minimum absolute atomic E-state index is 0. The molecule has 1 aromatic rings. The molecule has 5 heteroatoms. The molecule has 0 aromatic heterocycles. The monoisotopic (exact) mass is 429 g/mol. The summed E-state index contributed by atoms with van der Waals surface area (Å²) < 4.78 is 6.02. The zero-order valence-corrected chi connectivity index (χ0v) is 16.4. The van der Waals surface area contributed by atoms with Crippen molar-refractivity contribution in [2.24, 2.45) is 16.8 Å². The lowest BCUT2D eigenvalue weighted by molar-refractivity contribution is 0.296. The summed E-state index contributed by atoms with van der Waals surface area (Å²) >= 11 is 0. The highest BCUT2D eigenvalue weighted by atomic mass is 127. The Labute approximate surface area is 156 Å². The molecule has 0 unspecified atom stereocenters. The Morgan fingerprint density at radius 3 is 2.57 bits per heavy atom. The summed E-state index contributed by atoms with van der Waals surface area (Å²) in [6.07, 6.45) is 5.33. The maximum absolute atomic E-state index is 6.02. The first kappa shape index (κ1) is 18.4. The lowest BCUT2D eigenvalue weighted by Crippen LogP contribution is -2.37. The lowest BCUT2D eigenvalue weighted by Gasteiger charge is -2.15. The fourth-order valence-electron chi connectivity index (χ4n) is 2.40. The van der Waals surface area contributed by atoms with Crippen LogP contribution in [0, 0.1) is 18.8 Å². The number of hydrogen-bond donors (Lipinski definition) is 2. The second kappa shape index (κ2) is 8.76. The number of hydrogen-bond acceptors (Lipinski definition) is 2. The van der Waals surface area contributed by atoms with E-state index in [9.17, 15) is 0 Å². The normalized spacial score (nSPS) is 17.4. The lowest BCUT2D eigenvalue weighted by atomic mass is 10.1. The van der Waals surface area contributed by atoms with Crippen LogP contribution in [-0.4, -0.2) is 26.2 Å². The average Bonchev–Trinajstić information content (AvgIpc) is 3.40. The average molecular weight is 429 g/mol. The SMILES string of the molecule is CN=C(NCc1ccc(C)cc1OCC1CC1)NCC1CC1.I. The molecule has 2 N–H and O–H groups in total. The molecule has 0 spiro atoms. The molecule has 3 rings (SSSR count). The highest BCUT2D eigenvalue weighted by Crippen LogP contribution is 2.30. The van der Waals surface area contributed by atoms with Crippen molar-refractivity contribution in [3.63, 3.8) is 0 Å². The van der Waals surface area contributed by atoms with Crippen LogP contribution < -0.4 is 15.4 Å². The number of aryl methyl sites for hydroxylation is 1. The van der Waals surface area contributed by atoms with Crippen LogP contribution >= 0.6 is 24.0 Å². The van der Waals surface area contributed by atoms with Crippen molar-refractivity contribution in [2.75, 3.05) is 20.2 Å². The van der Waals surface area contributed by atoms with E-state index in [1.807, 2.05) is 7.05 Å². The molecule has 0 radical (unpaired) electrons. The van der Waals surface area contributed by atoms with Gasteiger partial charge in [-0.1, -0.05) is 12.1 Å². The Hall–Kier alpha value is -0.980. The Morgan fingerprint density at radius 1 is 1.17 bits per heavy atom. The predicted octanol–water partition coefficient (Wildman–Crippen LogP) is 3.48. The highest BCUT2D eigenvalue weighted by molar-refractivity contribution is 14.0. The molecule has 2 saturated carbocycles. The molecule has 1 aromatic carbocycles. The molecular formula is C18H28IN3O. The van der Waals surface area contributed by atoms with Gasteiger partial charge in [-0.15, -0.1) is 24.0 Å². The second-order valence-corrected chi connectivity index (χ2v) is 6.62. The number of rotatable bonds is 7. The topological polar surface area (TPSA) is 45.7 Å². The van der Waals surface area contributed by atoms with E-state index in [4.69, 9.17) is 4.74 Å². The summed E-state index contributed by atoms with van der Waals surface area (Å²) in [5.74, 6) is 3.50. The van der Waals surface area contributed by atoms with Gasteiger partial charge in [0.05, 0.1) is 6.61 Å². The number of ether oxygens (including phenoxy) is 1. The summed E-state index contributed by atoms with van der Waals surface area (Å²) in [5.41, 5.74) is 2.44. The van der Waals surface area contributed by atoms with Crippen molar-refractivity contribution in [1.29, 1.82) is 0 Å². The second-order valence-electron chi connectivity index (χ2n) is 6.62. The van der Waals surface area contributed by atoms with Gasteiger partial charge in [-0.05, 0) is 56.1 Å². The van der Waals surface area contributed by atoms with Crippen molar-refractivity contribution in [3.8, 4) is 5.75 Å². The van der Waals surface area contributed by atoms with Crippen molar-refractivity contribution >= 4 is 29.9 Å². The van der Waals surface area contributed by atoms with E-state index in [0.29, 0.717) is 0 Å². The van der Waals surface area contributed by atoms with Gasteiger partial charge in [0.25, 0.3) is 0 Å². The van der Waals surface area contributed by atoms with Gasteiger partial charge in [0.2, 0.25) is 0 Å². The van der Waals surface area contributed by atoms with Crippen LogP contribution in [0.15, 0.2) is 23.2 Å². The summed E-state index contributed by atoms with van der Waals surface area (Å²) in [4.78, 5) is 4.29. The molecule has 0 saturated heterocycles. The molecule has 0 heterocycles. The Bertz CT molecular complexity index is 539. The summed E-state index contributed by atoms with van der Waals surface area (Å²) in [7, 11) is 1.82. The molecular weight excluding hydrogens is 401 g/mol. The van der Waals surface area contributed by atoms with Crippen LogP contribution in [0.2, 0.25) is 0 Å². The first-order chi connectivity index (χ1) is 10.7. The van der Waals surface area contributed by atoms with Crippen molar-refractivity contribution < 1.29 is 4.74 Å². The minimum Gasteiger partial charge on any atom is -0.493 e. The molecule has 0 aliphatic heterocycles. The first-order valence-electron chi connectivity index (χ1n) is 8.41. The fourth-order valence-corrected chi connectivity index (χ4v) is 2.40. The fraction of sp³-hybridized carbons (Fsp3) is 0.611. The van der Waals surface area contributed by atoms with Crippen molar-refractivity contribution in [2.45, 2.75) is 39.2 Å². The largest absolute Gasteiger partial charge is 0.493 e. The van der Waals surface area contributed by atoms with E-state index in [-0.39, 0.29) is 24.0 Å². The van der Waals surface area contributed by atoms with Crippen LogP contribution in [0.25, 0.3) is 0 Å². The summed E-state index contributed by atoms with van der Waals surface area (Å²) in [6.45, 7) is 4.73. The minimum atomic E-state index is 0. The van der Waals surface area contributed by atoms with E-state index in [1.54, 1.807) is 0 Å². The quantitative estimate of drug-likeness (QED) is 0.397. The molecule has 23 heavy (non-hydrogen) atoms. The van der Waals surface area contributed by atoms with Gasteiger partial charge in [0, 0.05) is 25.7 Å². The number of nitrogens with one attached hydrogen (secondary N) is 2. The molecule has 0 bridgehead atoms. The maximum atomic E-state index is 6.02. The molecule has 2 aliphatic carbocycles. The number of nitrogens with zero attached hydrogens (tertiary/aromatic N) is 1. The molecule has 2 fully saturated rings. The van der Waals surface area contributed by atoms with Crippen LogP contribution in [0.5, 0.6) is 5.75 Å². The summed E-state index contributed by atoms with van der Waals surface area (Å²) in [6, 6.07) is 6.43. The molecule has 128 valence electrons. The Balaban J connectivity index is 0.00000192. The third-order valence-corrected chi connectivity index (χ3v) is 4.32. The highest BCUT2D eigenvalue weighted by Gasteiger charge is 2.23. The predicted molar refractivity (Wildman–Crippen MR) is 106 cm³/mol. The molecule has 4 nitrogen and oxygen atoms in total. The number of benzene rings is 1. The number of aliphatic imine (C=N–C) groups is 1. The Kier molecular flexibility index (Phi) is 6.99. The van der Waals surface area contributed by atoms with Crippen LogP contribution in [-0.2, 0) is 6.54 Å². The van der Waals surface area contributed by atoms with Crippen LogP contribution in [0.3, 0.4) is 0 Å². The zero-order chi connectivity index (χ0) is 15.4. The van der Waals surface area contributed by atoms with Gasteiger partial charge in [-0.25, -0.2) is 0 Å². The van der Waals surface area contributed by atoms with Gasteiger partial charge in [0.15, 0.2) is 5.96 Å². The first-order valence-corrected chi connectivity index (χ1v) is 8.41. The van der Waals surface area contributed by atoms with Gasteiger partial charge >= 0.3 is 0 Å². The van der Waals surface area contributed by atoms with E-state index < -0.39 is 0 Å². The van der Waals surface area contributed by atoms with E-state index >= 15 is 0 Å². The van der Waals surface area contributed by atoms with Crippen molar-refractivity contribution in [1.82, 2.24) is 10.6 Å². The molecule has 0 amide bonds. The van der Waals surface area contributed by atoms with Gasteiger partial charge in [-0.2, -0.15) is 0 Å². The van der Waals surface area contributed by atoms with E-state index in [0.717, 1.165) is 43.2 Å². The van der Waals surface area contributed by atoms with Gasteiger partial charge < -0.3 is 15.4 Å². The standard InChI is InChI=1S/C18H27N3O.HI/c1-13-3-8-16(17(9-13)22-12-15-6-7-15)11-21-18(19-2)20-10-14-4-5-14;/h3,8-9,14-15H,4-7,10-12H2,1-2H3,(H2,19,20,21);1H. The maximum Gasteiger partial charge on any atom is 0.191 e. The Morgan fingerprint density at radius 2 is 1.91 bits per heavy atom. The zero-order valence-electron chi connectivity index (χ0n) is 14.1. The molecule has 0 atom stereocenters. The van der Waals surface area contributed by atoms with Gasteiger partial charge in [0.1, 0.15) is 5.75 Å². The third kappa shape index (κ3) is 6.20. The van der Waals surface area contributed by atoms with E-state index in [1.165, 1.54) is 36.8 Å². The summed E-state index contributed by atoms with van der Waals surface area (Å²) in [5, 5.41) is 6.78. The van der Waals surface area contributed by atoms with Gasteiger partial charge in [-0.3, -0.25) is 4.99 Å². The molecule has 2 aliphatic rings. The smallest absolute Gasteiger partial charge is 0.191 e. The number of guanidine groups is 1.